The Kier molecular flexibility index (Phi) is 10.4. The standard InChI is InChI=1S/C27H34O4/c1-5-9-22-19-23(27(31-18-8-4)20-26(22)30-17-7-3)12-15-25(28)21-10-13-24(14-11-21)29-16-6-2/h5,10-15,19-20H,1,6-9,16-18H2,2-4H3. The maximum Gasteiger partial charge on any atom is 0.185 e. The fraction of sp³-hybridized carbons (Fsp3) is 0.370. The van der Waals surface area contributed by atoms with Gasteiger partial charge in [-0.25, -0.2) is 0 Å². The molecule has 31 heavy (non-hydrogen) atoms. The van der Waals surface area contributed by atoms with Gasteiger partial charge < -0.3 is 14.2 Å². The molecule has 2 rings (SSSR count). The Hall–Kier alpha value is -3.01. The van der Waals surface area contributed by atoms with Crippen molar-refractivity contribution in [3.63, 3.8) is 0 Å². The van der Waals surface area contributed by atoms with Crippen LogP contribution in [0, 0.1) is 0 Å². The van der Waals surface area contributed by atoms with Gasteiger partial charge in [0.05, 0.1) is 19.8 Å². The van der Waals surface area contributed by atoms with Crippen molar-refractivity contribution in [2.75, 3.05) is 19.8 Å². The van der Waals surface area contributed by atoms with Gasteiger partial charge in [-0.1, -0.05) is 26.8 Å². The molecule has 2 aromatic rings. The van der Waals surface area contributed by atoms with Gasteiger partial charge in [-0.2, -0.15) is 0 Å². The maximum atomic E-state index is 12.7. The molecule has 0 aromatic heterocycles. The van der Waals surface area contributed by atoms with E-state index in [0.29, 0.717) is 37.6 Å². The summed E-state index contributed by atoms with van der Waals surface area (Å²) in [6.07, 6.45) is 8.70. The molecule has 166 valence electrons. The van der Waals surface area contributed by atoms with Crippen LogP contribution < -0.4 is 14.2 Å². The van der Waals surface area contributed by atoms with E-state index in [1.807, 2.05) is 36.4 Å². The van der Waals surface area contributed by atoms with Crippen LogP contribution in [0.5, 0.6) is 17.2 Å². The number of hydrogen-bond acceptors (Lipinski definition) is 4. The summed E-state index contributed by atoms with van der Waals surface area (Å²) in [7, 11) is 0. The highest BCUT2D eigenvalue weighted by Crippen LogP contribution is 2.31. The van der Waals surface area contributed by atoms with Gasteiger partial charge in [0.2, 0.25) is 0 Å². The van der Waals surface area contributed by atoms with Gasteiger partial charge in [0.15, 0.2) is 5.78 Å². The SMILES string of the molecule is C=CCc1cc(C=CC(=O)c2ccc(OCCC)cc2)c(OCCC)cc1OCCC. The molecule has 0 saturated heterocycles. The van der Waals surface area contributed by atoms with E-state index >= 15 is 0 Å². The number of ketones is 1. The lowest BCUT2D eigenvalue weighted by Gasteiger charge is -2.15. The molecule has 0 atom stereocenters. The molecule has 0 aliphatic carbocycles. The zero-order chi connectivity index (χ0) is 22.5. The summed E-state index contributed by atoms with van der Waals surface area (Å²) in [6.45, 7) is 12.0. The Labute approximate surface area is 186 Å². The predicted octanol–water partition coefficient (Wildman–Crippen LogP) is 6.68. The summed E-state index contributed by atoms with van der Waals surface area (Å²) in [5, 5.41) is 0. The molecular formula is C27H34O4. The Morgan fingerprint density at radius 3 is 2.10 bits per heavy atom. The van der Waals surface area contributed by atoms with E-state index in [4.69, 9.17) is 14.2 Å². The number of allylic oxidation sites excluding steroid dienone is 2. The molecule has 0 amide bonds. The average Bonchev–Trinajstić information content (AvgIpc) is 2.80. The van der Waals surface area contributed by atoms with E-state index in [1.165, 1.54) is 0 Å². The second kappa shape index (κ2) is 13.3. The van der Waals surface area contributed by atoms with E-state index in [9.17, 15) is 4.79 Å². The summed E-state index contributed by atoms with van der Waals surface area (Å²) in [5.41, 5.74) is 2.49. The first-order valence-electron chi connectivity index (χ1n) is 11.1. The molecule has 0 N–H and O–H groups in total. The van der Waals surface area contributed by atoms with Crippen molar-refractivity contribution >= 4 is 11.9 Å². The third-order valence-electron chi connectivity index (χ3n) is 4.51. The fourth-order valence-corrected chi connectivity index (χ4v) is 2.95. The van der Waals surface area contributed by atoms with Crippen molar-refractivity contribution in [1.29, 1.82) is 0 Å². The quantitative estimate of drug-likeness (QED) is 0.194. The number of benzene rings is 2. The van der Waals surface area contributed by atoms with E-state index in [1.54, 1.807) is 18.2 Å². The molecule has 0 spiro atoms. The number of carbonyl (C=O) groups excluding carboxylic acids is 1. The van der Waals surface area contributed by atoms with Gasteiger partial charge in [0.25, 0.3) is 0 Å². The van der Waals surface area contributed by atoms with Crippen LogP contribution in [0.2, 0.25) is 0 Å². The molecule has 2 aromatic carbocycles. The van der Waals surface area contributed by atoms with Crippen LogP contribution in [0.3, 0.4) is 0 Å². The first-order valence-corrected chi connectivity index (χ1v) is 11.1. The monoisotopic (exact) mass is 422 g/mol. The van der Waals surface area contributed by atoms with E-state index in [0.717, 1.165) is 41.9 Å². The van der Waals surface area contributed by atoms with Crippen LogP contribution >= 0.6 is 0 Å². The lowest BCUT2D eigenvalue weighted by atomic mass is 10.0. The lowest BCUT2D eigenvalue weighted by molar-refractivity contribution is 0.104. The first-order chi connectivity index (χ1) is 15.1. The molecule has 4 heteroatoms. The second-order valence-corrected chi connectivity index (χ2v) is 7.26. The van der Waals surface area contributed by atoms with Gasteiger partial charge >= 0.3 is 0 Å². The summed E-state index contributed by atoms with van der Waals surface area (Å²) in [6, 6.07) is 11.2. The van der Waals surface area contributed by atoms with Crippen LogP contribution in [0.4, 0.5) is 0 Å². The van der Waals surface area contributed by atoms with Crippen molar-refractivity contribution < 1.29 is 19.0 Å². The molecule has 0 radical (unpaired) electrons. The summed E-state index contributed by atoms with van der Waals surface area (Å²) < 4.78 is 17.4. The molecule has 4 nitrogen and oxygen atoms in total. The van der Waals surface area contributed by atoms with E-state index in [2.05, 4.69) is 27.4 Å². The smallest absolute Gasteiger partial charge is 0.185 e. The Bertz CT molecular complexity index is 866. The predicted molar refractivity (Wildman–Crippen MR) is 128 cm³/mol. The van der Waals surface area contributed by atoms with Gasteiger partial charge in [-0.05, 0) is 73.7 Å². The van der Waals surface area contributed by atoms with Crippen molar-refractivity contribution in [3.05, 3.63) is 71.8 Å². The maximum absolute atomic E-state index is 12.7. The first kappa shape index (κ1) is 24.3. The number of carbonyl (C=O) groups is 1. The van der Waals surface area contributed by atoms with Crippen molar-refractivity contribution in [2.45, 2.75) is 46.5 Å². The van der Waals surface area contributed by atoms with Gasteiger partial charge in [0, 0.05) is 17.2 Å². The third-order valence-corrected chi connectivity index (χ3v) is 4.51. The minimum atomic E-state index is -0.0694. The normalized spacial score (nSPS) is 10.8. The van der Waals surface area contributed by atoms with Crippen molar-refractivity contribution in [3.8, 4) is 17.2 Å². The molecule has 0 aliphatic rings. The summed E-state index contributed by atoms with van der Waals surface area (Å²) >= 11 is 0. The van der Waals surface area contributed by atoms with Crippen LogP contribution in [-0.4, -0.2) is 25.6 Å². The zero-order valence-corrected chi connectivity index (χ0v) is 19.0. The molecule has 0 saturated carbocycles. The topological polar surface area (TPSA) is 44.8 Å². The van der Waals surface area contributed by atoms with Crippen LogP contribution in [0.1, 0.15) is 61.5 Å². The number of hydrogen-bond donors (Lipinski definition) is 0. The average molecular weight is 423 g/mol. The summed E-state index contributed by atoms with van der Waals surface area (Å²) in [4.78, 5) is 12.7. The zero-order valence-electron chi connectivity index (χ0n) is 19.0. The highest BCUT2D eigenvalue weighted by Gasteiger charge is 2.11. The Balaban J connectivity index is 2.27. The molecule has 0 heterocycles. The van der Waals surface area contributed by atoms with Gasteiger partial charge in [-0.15, -0.1) is 6.58 Å². The lowest BCUT2D eigenvalue weighted by Crippen LogP contribution is -2.03. The number of ether oxygens (including phenoxy) is 3. The van der Waals surface area contributed by atoms with Crippen molar-refractivity contribution in [1.82, 2.24) is 0 Å². The fourth-order valence-electron chi connectivity index (χ4n) is 2.95. The number of rotatable bonds is 14. The third kappa shape index (κ3) is 7.63. The second-order valence-electron chi connectivity index (χ2n) is 7.26. The van der Waals surface area contributed by atoms with Crippen LogP contribution in [-0.2, 0) is 6.42 Å². The van der Waals surface area contributed by atoms with E-state index < -0.39 is 0 Å². The van der Waals surface area contributed by atoms with Gasteiger partial charge in [0.1, 0.15) is 17.2 Å². The van der Waals surface area contributed by atoms with Crippen molar-refractivity contribution in [2.24, 2.45) is 0 Å². The largest absolute Gasteiger partial charge is 0.494 e. The Morgan fingerprint density at radius 2 is 1.48 bits per heavy atom. The minimum absolute atomic E-state index is 0.0694. The van der Waals surface area contributed by atoms with Gasteiger partial charge in [-0.3, -0.25) is 4.79 Å². The minimum Gasteiger partial charge on any atom is -0.494 e. The molecule has 0 fully saturated rings. The molecule has 0 aliphatic heterocycles. The highest BCUT2D eigenvalue weighted by molar-refractivity contribution is 6.07. The Morgan fingerprint density at radius 1 is 0.871 bits per heavy atom. The van der Waals surface area contributed by atoms with E-state index in [-0.39, 0.29) is 5.78 Å². The van der Waals surface area contributed by atoms with Crippen LogP contribution in [0.15, 0.2) is 55.1 Å². The summed E-state index contributed by atoms with van der Waals surface area (Å²) in [5.74, 6) is 2.22. The van der Waals surface area contributed by atoms with Crippen LogP contribution in [0.25, 0.3) is 6.08 Å². The molecule has 0 bridgehead atoms. The molecular weight excluding hydrogens is 388 g/mol. The highest BCUT2D eigenvalue weighted by atomic mass is 16.5. The molecule has 0 unspecified atom stereocenters.